The summed E-state index contributed by atoms with van der Waals surface area (Å²) in [5.74, 6) is -0.759. The summed E-state index contributed by atoms with van der Waals surface area (Å²) in [6, 6.07) is 4.05. The van der Waals surface area contributed by atoms with E-state index in [1.807, 2.05) is 20.8 Å². The van der Waals surface area contributed by atoms with Crippen molar-refractivity contribution in [3.63, 3.8) is 0 Å². The second-order valence-electron chi connectivity index (χ2n) is 5.22. The van der Waals surface area contributed by atoms with Gasteiger partial charge < -0.3 is 5.73 Å². The van der Waals surface area contributed by atoms with Crippen LogP contribution in [0.25, 0.3) is 0 Å². The van der Waals surface area contributed by atoms with Crippen LogP contribution in [0.3, 0.4) is 0 Å². The zero-order valence-corrected chi connectivity index (χ0v) is 11.8. The molecular formula is C13H17BrFNO. The molecule has 0 amide bonds. The van der Waals surface area contributed by atoms with Crippen LogP contribution in [0.5, 0.6) is 0 Å². The number of halogens is 2. The van der Waals surface area contributed by atoms with E-state index >= 15 is 0 Å². The van der Waals surface area contributed by atoms with Crippen molar-refractivity contribution in [2.45, 2.75) is 33.2 Å². The van der Waals surface area contributed by atoms with E-state index in [2.05, 4.69) is 15.9 Å². The molecule has 2 N–H and O–H groups in total. The van der Waals surface area contributed by atoms with Gasteiger partial charge in [0.15, 0.2) is 5.78 Å². The van der Waals surface area contributed by atoms with E-state index in [0.717, 1.165) is 0 Å². The first kappa shape index (κ1) is 14.3. The highest BCUT2D eigenvalue weighted by Gasteiger charge is 2.24. The molecule has 1 aromatic carbocycles. The van der Waals surface area contributed by atoms with Crippen molar-refractivity contribution in [1.82, 2.24) is 0 Å². The second-order valence-corrected chi connectivity index (χ2v) is 6.14. The lowest BCUT2D eigenvalue weighted by Gasteiger charge is -2.26. The van der Waals surface area contributed by atoms with Crippen molar-refractivity contribution in [2.75, 3.05) is 0 Å². The third-order valence-corrected chi connectivity index (χ3v) is 3.24. The minimum absolute atomic E-state index is 0.0964. The molecule has 0 saturated heterocycles. The summed E-state index contributed by atoms with van der Waals surface area (Å²) >= 11 is 3.22. The van der Waals surface area contributed by atoms with Crippen LogP contribution in [0, 0.1) is 11.2 Å². The van der Waals surface area contributed by atoms with E-state index < -0.39 is 5.82 Å². The van der Waals surface area contributed by atoms with Crippen molar-refractivity contribution in [3.05, 3.63) is 34.1 Å². The van der Waals surface area contributed by atoms with Crippen LogP contribution in [0.2, 0.25) is 0 Å². The highest BCUT2D eigenvalue weighted by atomic mass is 79.9. The molecule has 4 heteroatoms. The van der Waals surface area contributed by atoms with Crippen molar-refractivity contribution < 1.29 is 9.18 Å². The van der Waals surface area contributed by atoms with E-state index in [-0.39, 0.29) is 29.2 Å². The smallest absolute Gasteiger partial charge is 0.167 e. The summed E-state index contributed by atoms with van der Waals surface area (Å²) in [7, 11) is 0. The molecule has 17 heavy (non-hydrogen) atoms. The molecule has 1 rings (SSSR count). The Bertz CT molecular complexity index is 426. The molecular weight excluding hydrogens is 285 g/mol. The van der Waals surface area contributed by atoms with Gasteiger partial charge in [0.2, 0.25) is 0 Å². The fraction of sp³-hybridized carbons (Fsp3) is 0.462. The number of carbonyl (C=O) groups is 1. The topological polar surface area (TPSA) is 43.1 Å². The number of benzene rings is 1. The lowest BCUT2D eigenvalue weighted by molar-refractivity contribution is 0.0949. The Morgan fingerprint density at radius 1 is 1.47 bits per heavy atom. The average Bonchev–Trinajstić information content (AvgIpc) is 2.20. The van der Waals surface area contributed by atoms with Gasteiger partial charge in [0.05, 0.1) is 5.56 Å². The molecule has 1 aromatic rings. The van der Waals surface area contributed by atoms with Gasteiger partial charge in [0.1, 0.15) is 5.82 Å². The number of Topliss-reactive ketones (excluding diaryl/α,β-unsaturated/α-hetero) is 1. The fourth-order valence-corrected chi connectivity index (χ4v) is 1.69. The van der Waals surface area contributed by atoms with Gasteiger partial charge in [0, 0.05) is 16.9 Å². The summed E-state index contributed by atoms with van der Waals surface area (Å²) < 4.78 is 14.2. The average molecular weight is 302 g/mol. The van der Waals surface area contributed by atoms with E-state index in [1.54, 1.807) is 6.07 Å². The largest absolute Gasteiger partial charge is 0.327 e. The number of nitrogens with two attached hydrogens (primary N) is 1. The van der Waals surface area contributed by atoms with Gasteiger partial charge in [-0.15, -0.1) is 0 Å². The standard InChI is InChI=1S/C13H17BrFNO/c1-13(2,3)12(16)7-11(17)9-6-8(14)4-5-10(9)15/h4-6,12H,7,16H2,1-3H3. The van der Waals surface area contributed by atoms with E-state index in [1.165, 1.54) is 12.1 Å². The molecule has 94 valence electrons. The maximum Gasteiger partial charge on any atom is 0.167 e. The zero-order chi connectivity index (χ0) is 13.2. The molecule has 1 unspecified atom stereocenters. The Balaban J connectivity index is 2.87. The van der Waals surface area contributed by atoms with Gasteiger partial charge in [-0.3, -0.25) is 4.79 Å². The van der Waals surface area contributed by atoms with E-state index in [0.29, 0.717) is 4.47 Å². The number of rotatable bonds is 3. The van der Waals surface area contributed by atoms with Crippen molar-refractivity contribution in [3.8, 4) is 0 Å². The first-order valence-electron chi connectivity index (χ1n) is 5.45. The lowest BCUT2D eigenvalue weighted by atomic mass is 9.83. The summed E-state index contributed by atoms with van der Waals surface area (Å²) in [6.07, 6.45) is 0.150. The van der Waals surface area contributed by atoms with Crippen LogP contribution in [-0.4, -0.2) is 11.8 Å². The van der Waals surface area contributed by atoms with Crippen LogP contribution in [0.4, 0.5) is 4.39 Å². The van der Waals surface area contributed by atoms with Crippen LogP contribution in [-0.2, 0) is 0 Å². The third kappa shape index (κ3) is 3.89. The molecule has 0 saturated carbocycles. The maximum absolute atomic E-state index is 13.5. The Kier molecular flexibility index (Phi) is 4.44. The molecule has 0 fully saturated rings. The molecule has 2 nitrogen and oxygen atoms in total. The Hall–Kier alpha value is -0.740. The van der Waals surface area contributed by atoms with Crippen LogP contribution >= 0.6 is 15.9 Å². The number of ketones is 1. The first-order valence-corrected chi connectivity index (χ1v) is 6.25. The maximum atomic E-state index is 13.5. The molecule has 0 aliphatic rings. The van der Waals surface area contributed by atoms with Crippen molar-refractivity contribution in [2.24, 2.45) is 11.1 Å². The SMILES string of the molecule is CC(C)(C)C(N)CC(=O)c1cc(Br)ccc1F. The van der Waals surface area contributed by atoms with E-state index in [4.69, 9.17) is 5.73 Å². The molecule has 1 atom stereocenters. The molecule has 0 heterocycles. The van der Waals surface area contributed by atoms with Crippen LogP contribution in [0.15, 0.2) is 22.7 Å². The number of carbonyl (C=O) groups excluding carboxylic acids is 1. The third-order valence-electron chi connectivity index (χ3n) is 2.75. The number of hydrogen-bond donors (Lipinski definition) is 1. The van der Waals surface area contributed by atoms with Gasteiger partial charge >= 0.3 is 0 Å². The van der Waals surface area contributed by atoms with E-state index in [9.17, 15) is 9.18 Å². The van der Waals surface area contributed by atoms with Crippen LogP contribution in [0.1, 0.15) is 37.6 Å². The second kappa shape index (κ2) is 5.27. The Morgan fingerprint density at radius 2 is 2.06 bits per heavy atom. The molecule has 0 bridgehead atoms. The number of hydrogen-bond acceptors (Lipinski definition) is 2. The zero-order valence-electron chi connectivity index (χ0n) is 10.3. The minimum Gasteiger partial charge on any atom is -0.327 e. The molecule has 0 radical (unpaired) electrons. The first-order chi connectivity index (χ1) is 7.71. The van der Waals surface area contributed by atoms with Gasteiger partial charge in [-0.05, 0) is 23.6 Å². The molecule has 0 aliphatic carbocycles. The summed E-state index contributed by atoms with van der Waals surface area (Å²) in [5.41, 5.74) is 5.85. The molecule has 0 aliphatic heterocycles. The van der Waals surface area contributed by atoms with Gasteiger partial charge in [-0.2, -0.15) is 0 Å². The highest BCUT2D eigenvalue weighted by Crippen LogP contribution is 2.23. The monoisotopic (exact) mass is 301 g/mol. The predicted octanol–water partition coefficient (Wildman–Crippen LogP) is 3.53. The van der Waals surface area contributed by atoms with Crippen LogP contribution < -0.4 is 5.73 Å². The van der Waals surface area contributed by atoms with Crippen molar-refractivity contribution in [1.29, 1.82) is 0 Å². The predicted molar refractivity (Wildman–Crippen MR) is 70.5 cm³/mol. The van der Waals surface area contributed by atoms with Gasteiger partial charge in [-0.1, -0.05) is 36.7 Å². The minimum atomic E-state index is -0.501. The fourth-order valence-electron chi connectivity index (χ4n) is 1.33. The highest BCUT2D eigenvalue weighted by molar-refractivity contribution is 9.10. The quantitative estimate of drug-likeness (QED) is 0.868. The van der Waals surface area contributed by atoms with Crippen molar-refractivity contribution >= 4 is 21.7 Å². The lowest BCUT2D eigenvalue weighted by Crippen LogP contribution is -2.37. The van der Waals surface area contributed by atoms with Gasteiger partial charge in [-0.25, -0.2) is 4.39 Å². The molecule has 0 aromatic heterocycles. The normalized spacial score (nSPS) is 13.5. The Labute approximate surface area is 110 Å². The molecule has 0 spiro atoms. The Morgan fingerprint density at radius 3 is 2.59 bits per heavy atom. The van der Waals surface area contributed by atoms with Gasteiger partial charge in [0.25, 0.3) is 0 Å². The summed E-state index contributed by atoms with van der Waals surface area (Å²) in [6.45, 7) is 5.88. The summed E-state index contributed by atoms with van der Waals surface area (Å²) in [5, 5.41) is 0. The summed E-state index contributed by atoms with van der Waals surface area (Å²) in [4.78, 5) is 11.9.